The number of ether oxygens (including phenoxy) is 1. The summed E-state index contributed by atoms with van der Waals surface area (Å²) in [6, 6.07) is 0. The number of amides is 2. The zero-order chi connectivity index (χ0) is 15.8. The first-order valence-electron chi connectivity index (χ1n) is 8.20. The van der Waals surface area contributed by atoms with Crippen LogP contribution in [-0.4, -0.2) is 87.7 Å². The van der Waals surface area contributed by atoms with Crippen LogP contribution in [0.2, 0.25) is 0 Å². The van der Waals surface area contributed by atoms with Crippen molar-refractivity contribution in [1.82, 2.24) is 20.4 Å². The van der Waals surface area contributed by atoms with Crippen LogP contribution < -0.4 is 10.6 Å². The Morgan fingerprint density at radius 2 is 1.68 bits per heavy atom. The molecule has 0 spiro atoms. The second-order valence-corrected chi connectivity index (χ2v) is 6.17. The van der Waals surface area contributed by atoms with Crippen LogP contribution in [0.15, 0.2) is 0 Å². The molecular formula is C15H28N4O3. The Hall–Kier alpha value is -1.18. The van der Waals surface area contributed by atoms with Gasteiger partial charge in [-0.15, -0.1) is 0 Å². The average molecular weight is 312 g/mol. The lowest BCUT2D eigenvalue weighted by Gasteiger charge is -2.28. The maximum Gasteiger partial charge on any atom is 0.309 e. The van der Waals surface area contributed by atoms with Gasteiger partial charge in [-0.3, -0.25) is 14.5 Å². The zero-order valence-electron chi connectivity index (χ0n) is 13.5. The summed E-state index contributed by atoms with van der Waals surface area (Å²) in [6.07, 6.45) is 2.16. The van der Waals surface area contributed by atoms with Gasteiger partial charge in [-0.05, 0) is 38.9 Å². The van der Waals surface area contributed by atoms with E-state index in [4.69, 9.17) is 4.74 Å². The Bertz CT molecular complexity index is 364. The third-order valence-electron chi connectivity index (χ3n) is 4.41. The lowest BCUT2D eigenvalue weighted by Crippen LogP contribution is -2.46. The first kappa shape index (κ1) is 17.2. The largest absolute Gasteiger partial charge is 0.379 e. The molecule has 2 amide bonds. The van der Waals surface area contributed by atoms with Gasteiger partial charge in [-0.2, -0.15) is 0 Å². The van der Waals surface area contributed by atoms with Crippen molar-refractivity contribution in [2.75, 3.05) is 66.1 Å². The lowest BCUT2D eigenvalue weighted by atomic mass is 9.97. The van der Waals surface area contributed by atoms with Crippen LogP contribution in [0.1, 0.15) is 12.8 Å². The van der Waals surface area contributed by atoms with E-state index in [9.17, 15) is 9.59 Å². The molecule has 126 valence electrons. The Kier molecular flexibility index (Phi) is 7.08. The summed E-state index contributed by atoms with van der Waals surface area (Å²) in [4.78, 5) is 28.0. The Morgan fingerprint density at radius 3 is 2.36 bits per heavy atom. The molecule has 2 fully saturated rings. The molecule has 0 aromatic heterocycles. The van der Waals surface area contributed by atoms with E-state index >= 15 is 0 Å². The Labute approximate surface area is 132 Å². The van der Waals surface area contributed by atoms with E-state index in [-0.39, 0.29) is 0 Å². The fourth-order valence-electron chi connectivity index (χ4n) is 2.82. The van der Waals surface area contributed by atoms with Crippen molar-refractivity contribution in [2.45, 2.75) is 12.8 Å². The summed E-state index contributed by atoms with van der Waals surface area (Å²) in [5, 5.41) is 5.44. The van der Waals surface area contributed by atoms with E-state index in [1.807, 2.05) is 0 Å². The normalized spacial score (nSPS) is 21.5. The number of hydrogen-bond donors (Lipinski definition) is 2. The first-order valence-corrected chi connectivity index (χ1v) is 8.20. The smallest absolute Gasteiger partial charge is 0.309 e. The standard InChI is InChI=1S/C15H28N4O3/c1-18-5-2-13(3-6-18)12-17-15(21)14(20)16-4-7-19-8-10-22-11-9-19/h13H,2-12H2,1H3,(H,16,20)(H,17,21). The molecule has 0 aromatic rings. The average Bonchev–Trinajstić information content (AvgIpc) is 2.55. The summed E-state index contributed by atoms with van der Waals surface area (Å²) in [5.41, 5.74) is 0. The second-order valence-electron chi connectivity index (χ2n) is 6.17. The van der Waals surface area contributed by atoms with Crippen molar-refractivity contribution >= 4 is 11.8 Å². The lowest BCUT2D eigenvalue weighted by molar-refractivity contribution is -0.139. The monoisotopic (exact) mass is 312 g/mol. The molecule has 0 bridgehead atoms. The molecule has 0 aromatic carbocycles. The van der Waals surface area contributed by atoms with Crippen LogP contribution >= 0.6 is 0 Å². The maximum atomic E-state index is 11.8. The van der Waals surface area contributed by atoms with E-state index in [1.165, 1.54) is 0 Å². The molecule has 0 atom stereocenters. The van der Waals surface area contributed by atoms with Crippen molar-refractivity contribution in [2.24, 2.45) is 5.92 Å². The Morgan fingerprint density at radius 1 is 1.05 bits per heavy atom. The minimum atomic E-state index is -0.527. The van der Waals surface area contributed by atoms with Gasteiger partial charge in [0.15, 0.2) is 0 Å². The highest BCUT2D eigenvalue weighted by Crippen LogP contribution is 2.14. The number of rotatable bonds is 5. The highest BCUT2D eigenvalue weighted by Gasteiger charge is 2.19. The van der Waals surface area contributed by atoms with E-state index in [2.05, 4.69) is 27.5 Å². The van der Waals surface area contributed by atoms with Crippen molar-refractivity contribution < 1.29 is 14.3 Å². The molecule has 7 nitrogen and oxygen atoms in total. The zero-order valence-corrected chi connectivity index (χ0v) is 13.5. The SMILES string of the molecule is CN1CCC(CNC(=O)C(=O)NCCN2CCOCC2)CC1. The topological polar surface area (TPSA) is 73.9 Å². The highest BCUT2D eigenvalue weighted by molar-refractivity contribution is 6.35. The number of piperidine rings is 1. The number of carbonyl (C=O) groups excluding carboxylic acids is 2. The maximum absolute atomic E-state index is 11.8. The number of carbonyl (C=O) groups is 2. The van der Waals surface area contributed by atoms with Crippen molar-refractivity contribution in [3.05, 3.63) is 0 Å². The van der Waals surface area contributed by atoms with Gasteiger partial charge in [0.2, 0.25) is 0 Å². The summed E-state index contributed by atoms with van der Waals surface area (Å²) in [7, 11) is 2.11. The third-order valence-corrected chi connectivity index (χ3v) is 4.41. The van der Waals surface area contributed by atoms with Gasteiger partial charge in [-0.1, -0.05) is 0 Å². The molecule has 0 unspecified atom stereocenters. The summed E-state index contributed by atoms with van der Waals surface area (Å²) in [6.45, 7) is 7.24. The third kappa shape index (κ3) is 5.90. The molecule has 2 heterocycles. The van der Waals surface area contributed by atoms with Gasteiger partial charge >= 0.3 is 11.8 Å². The molecule has 2 N–H and O–H groups in total. The minimum absolute atomic E-state index is 0.487. The van der Waals surface area contributed by atoms with Crippen LogP contribution in [-0.2, 0) is 14.3 Å². The number of nitrogens with zero attached hydrogens (tertiary/aromatic N) is 2. The molecule has 2 aliphatic rings. The van der Waals surface area contributed by atoms with Crippen LogP contribution in [0.25, 0.3) is 0 Å². The summed E-state index contributed by atoms with van der Waals surface area (Å²) in [5.74, 6) is -0.552. The van der Waals surface area contributed by atoms with Gasteiger partial charge in [0.1, 0.15) is 0 Å². The van der Waals surface area contributed by atoms with E-state index in [1.54, 1.807) is 0 Å². The molecule has 22 heavy (non-hydrogen) atoms. The number of hydrogen-bond acceptors (Lipinski definition) is 5. The fraction of sp³-hybridized carbons (Fsp3) is 0.867. The minimum Gasteiger partial charge on any atom is -0.379 e. The molecule has 0 aliphatic carbocycles. The predicted octanol–water partition coefficient (Wildman–Crippen LogP) is -1.11. The van der Waals surface area contributed by atoms with Crippen LogP contribution in [0.5, 0.6) is 0 Å². The molecule has 0 radical (unpaired) electrons. The molecule has 2 rings (SSSR count). The van der Waals surface area contributed by atoms with E-state index in [0.29, 0.717) is 19.0 Å². The van der Waals surface area contributed by atoms with E-state index in [0.717, 1.165) is 58.8 Å². The fourth-order valence-corrected chi connectivity index (χ4v) is 2.82. The van der Waals surface area contributed by atoms with Crippen molar-refractivity contribution in [3.8, 4) is 0 Å². The van der Waals surface area contributed by atoms with Crippen LogP contribution in [0.3, 0.4) is 0 Å². The van der Waals surface area contributed by atoms with Crippen molar-refractivity contribution in [3.63, 3.8) is 0 Å². The predicted molar refractivity (Wildman–Crippen MR) is 83.5 cm³/mol. The van der Waals surface area contributed by atoms with Crippen LogP contribution in [0.4, 0.5) is 0 Å². The highest BCUT2D eigenvalue weighted by atomic mass is 16.5. The number of nitrogens with one attached hydrogen (secondary N) is 2. The van der Waals surface area contributed by atoms with Gasteiger partial charge in [-0.25, -0.2) is 0 Å². The molecule has 7 heteroatoms. The summed E-state index contributed by atoms with van der Waals surface area (Å²) < 4.78 is 5.27. The van der Waals surface area contributed by atoms with E-state index < -0.39 is 11.8 Å². The molecule has 2 aliphatic heterocycles. The van der Waals surface area contributed by atoms with Crippen LogP contribution in [0, 0.1) is 5.92 Å². The molecular weight excluding hydrogens is 284 g/mol. The summed E-state index contributed by atoms with van der Waals surface area (Å²) >= 11 is 0. The first-order chi connectivity index (χ1) is 10.6. The van der Waals surface area contributed by atoms with Gasteiger partial charge in [0, 0.05) is 32.7 Å². The number of morpholine rings is 1. The van der Waals surface area contributed by atoms with Gasteiger partial charge in [0.05, 0.1) is 13.2 Å². The quantitative estimate of drug-likeness (QED) is 0.630. The molecule has 2 saturated heterocycles. The van der Waals surface area contributed by atoms with Crippen molar-refractivity contribution in [1.29, 1.82) is 0 Å². The van der Waals surface area contributed by atoms with Gasteiger partial charge < -0.3 is 20.3 Å². The molecule has 0 saturated carbocycles. The second kappa shape index (κ2) is 9.07. The Balaban J connectivity index is 1.55. The van der Waals surface area contributed by atoms with Gasteiger partial charge in [0.25, 0.3) is 0 Å². The number of likely N-dealkylation sites (tertiary alicyclic amines) is 1.